The first-order chi connectivity index (χ1) is 18.4. The molecule has 1 amide bonds. The van der Waals surface area contributed by atoms with Crippen LogP contribution in [-0.2, 0) is 21.4 Å². The van der Waals surface area contributed by atoms with Crippen molar-refractivity contribution >= 4 is 33.0 Å². The Morgan fingerprint density at radius 3 is 2.58 bits per heavy atom. The molecule has 3 heterocycles. The number of carbonyl (C=O) groups excluding carboxylic acids is 1. The highest BCUT2D eigenvalue weighted by Gasteiger charge is 2.39. The molecular weight excluding hydrogens is 500 g/mol. The standard InChI is InChI=1S/C28H32N6O3S/c1-28(12-6-2-7-13-28)38(36,37)34-21-23(25-10-3-4-11-26(25)34)20-32-15-17-33(18-16-32)22-27(35)31-30-19-24-9-5-8-14-29-24/h2-12,14,19,21H,13,15-18,20,22H2,1H3,(H,31,35)/b30-19-. The second-order valence-corrected chi connectivity index (χ2v) is 12.2. The minimum absolute atomic E-state index is 0.168. The molecule has 0 spiro atoms. The lowest BCUT2D eigenvalue weighted by molar-refractivity contribution is -0.122. The molecule has 1 saturated heterocycles. The van der Waals surface area contributed by atoms with Crippen molar-refractivity contribution in [3.05, 3.63) is 90.4 Å². The van der Waals surface area contributed by atoms with Crippen LogP contribution in [0.4, 0.5) is 0 Å². The number of piperazine rings is 1. The van der Waals surface area contributed by atoms with E-state index in [0.717, 1.165) is 37.1 Å². The number of nitrogens with zero attached hydrogens (tertiary/aromatic N) is 5. The maximum absolute atomic E-state index is 13.7. The van der Waals surface area contributed by atoms with Crippen LogP contribution in [0.1, 0.15) is 24.6 Å². The van der Waals surface area contributed by atoms with E-state index in [2.05, 4.69) is 25.3 Å². The average Bonchev–Trinajstić information content (AvgIpc) is 3.30. The Morgan fingerprint density at radius 2 is 1.84 bits per heavy atom. The summed E-state index contributed by atoms with van der Waals surface area (Å²) in [6.07, 6.45) is 12.8. The molecule has 0 radical (unpaired) electrons. The van der Waals surface area contributed by atoms with Gasteiger partial charge in [-0.3, -0.25) is 19.6 Å². The molecule has 2 aliphatic rings. The number of carbonyl (C=O) groups is 1. The zero-order valence-electron chi connectivity index (χ0n) is 21.4. The van der Waals surface area contributed by atoms with Crippen LogP contribution >= 0.6 is 0 Å². The zero-order valence-corrected chi connectivity index (χ0v) is 22.2. The fourth-order valence-corrected chi connectivity index (χ4v) is 6.57. The van der Waals surface area contributed by atoms with Gasteiger partial charge in [0.25, 0.3) is 5.91 Å². The second kappa shape index (κ2) is 11.0. The lowest BCUT2D eigenvalue weighted by Crippen LogP contribution is -2.48. The Hall–Kier alpha value is -3.60. The summed E-state index contributed by atoms with van der Waals surface area (Å²) in [4.78, 5) is 20.8. The number of aromatic nitrogens is 2. The summed E-state index contributed by atoms with van der Waals surface area (Å²) < 4.78 is 27.9. The van der Waals surface area contributed by atoms with Crippen LogP contribution in [0.5, 0.6) is 0 Å². The zero-order chi connectivity index (χ0) is 26.6. The van der Waals surface area contributed by atoms with Gasteiger partial charge in [-0.1, -0.05) is 48.6 Å². The quantitative estimate of drug-likeness (QED) is 0.354. The fourth-order valence-electron chi connectivity index (χ4n) is 4.87. The van der Waals surface area contributed by atoms with Gasteiger partial charge in [-0.2, -0.15) is 5.10 Å². The SMILES string of the molecule is CC1(S(=O)(=O)n2cc(CN3CCN(CC(=O)N/N=C\c4ccccn4)CC3)c3ccccc32)C=CC=CC1. The third kappa shape index (κ3) is 5.47. The van der Waals surface area contributed by atoms with Crippen molar-refractivity contribution in [2.75, 3.05) is 32.7 Å². The van der Waals surface area contributed by atoms with Crippen molar-refractivity contribution in [3.8, 4) is 0 Å². The first kappa shape index (κ1) is 26.0. The van der Waals surface area contributed by atoms with Crippen LogP contribution in [0, 0.1) is 0 Å². The lowest BCUT2D eigenvalue weighted by atomic mass is 10.0. The smallest absolute Gasteiger partial charge is 0.254 e. The number of hydrogen-bond donors (Lipinski definition) is 1. The van der Waals surface area contributed by atoms with E-state index >= 15 is 0 Å². The minimum atomic E-state index is -3.66. The van der Waals surface area contributed by atoms with Crippen LogP contribution in [0.3, 0.4) is 0 Å². The van der Waals surface area contributed by atoms with Crippen molar-refractivity contribution in [2.24, 2.45) is 5.10 Å². The monoisotopic (exact) mass is 532 g/mol. The van der Waals surface area contributed by atoms with Gasteiger partial charge >= 0.3 is 0 Å². The summed E-state index contributed by atoms with van der Waals surface area (Å²) in [5, 5.41) is 4.93. The van der Waals surface area contributed by atoms with Crippen molar-refractivity contribution in [2.45, 2.75) is 24.6 Å². The highest BCUT2D eigenvalue weighted by Crippen LogP contribution is 2.33. The van der Waals surface area contributed by atoms with Crippen LogP contribution in [0.15, 0.2) is 84.3 Å². The molecule has 38 heavy (non-hydrogen) atoms. The summed E-state index contributed by atoms with van der Waals surface area (Å²) in [6.45, 7) is 5.72. The van der Waals surface area contributed by atoms with Crippen molar-refractivity contribution in [1.29, 1.82) is 0 Å². The molecule has 9 nitrogen and oxygen atoms in total. The molecule has 1 atom stereocenters. The Labute approximate surface area is 223 Å². The molecule has 1 aliphatic heterocycles. The number of fused-ring (bicyclic) bond motifs is 1. The predicted octanol–water partition coefficient (Wildman–Crippen LogP) is 2.76. The summed E-state index contributed by atoms with van der Waals surface area (Å²) in [6, 6.07) is 13.2. The molecule has 10 heteroatoms. The van der Waals surface area contributed by atoms with Crippen molar-refractivity contribution in [3.63, 3.8) is 0 Å². The number of hydrogen-bond acceptors (Lipinski definition) is 7. The van der Waals surface area contributed by atoms with Gasteiger partial charge in [0.1, 0.15) is 4.75 Å². The van der Waals surface area contributed by atoms with Crippen LogP contribution in [0.25, 0.3) is 10.9 Å². The molecule has 198 valence electrons. The molecule has 2 aromatic heterocycles. The third-order valence-electron chi connectivity index (χ3n) is 7.13. The van der Waals surface area contributed by atoms with E-state index in [1.807, 2.05) is 54.6 Å². The van der Waals surface area contributed by atoms with Crippen LogP contribution < -0.4 is 5.43 Å². The summed E-state index contributed by atoms with van der Waals surface area (Å²) in [5.41, 5.74) is 4.93. The minimum Gasteiger partial charge on any atom is -0.296 e. The van der Waals surface area contributed by atoms with E-state index < -0.39 is 14.8 Å². The maximum atomic E-state index is 13.7. The largest absolute Gasteiger partial charge is 0.296 e. The Morgan fingerprint density at radius 1 is 1.08 bits per heavy atom. The molecule has 1 N–H and O–H groups in total. The topological polar surface area (TPSA) is 99.9 Å². The number of para-hydroxylation sites is 1. The Bertz CT molecular complexity index is 1490. The van der Waals surface area contributed by atoms with Crippen LogP contribution in [-0.4, -0.2) is 76.8 Å². The average molecular weight is 533 g/mol. The predicted molar refractivity (Wildman–Crippen MR) is 149 cm³/mol. The molecule has 1 unspecified atom stereocenters. The first-order valence-corrected chi connectivity index (χ1v) is 14.2. The van der Waals surface area contributed by atoms with E-state index in [4.69, 9.17) is 0 Å². The summed E-state index contributed by atoms with van der Waals surface area (Å²) in [7, 11) is -3.66. The van der Waals surface area contributed by atoms with Gasteiger partial charge in [0.15, 0.2) is 0 Å². The van der Waals surface area contributed by atoms with Gasteiger partial charge in [0.05, 0.1) is 24.0 Å². The van der Waals surface area contributed by atoms with Gasteiger partial charge in [-0.05, 0) is 37.1 Å². The Balaban J connectivity index is 1.21. The van der Waals surface area contributed by atoms with E-state index in [9.17, 15) is 13.2 Å². The molecule has 5 rings (SSSR count). The van der Waals surface area contributed by atoms with Gasteiger partial charge < -0.3 is 0 Å². The molecular formula is C28H32N6O3S. The number of allylic oxidation sites excluding steroid dienone is 3. The molecule has 0 saturated carbocycles. The molecule has 1 fully saturated rings. The van der Waals surface area contributed by atoms with Crippen molar-refractivity contribution in [1.82, 2.24) is 24.2 Å². The summed E-state index contributed by atoms with van der Waals surface area (Å²) in [5.74, 6) is -0.168. The van der Waals surface area contributed by atoms with Gasteiger partial charge in [-0.25, -0.2) is 17.8 Å². The van der Waals surface area contributed by atoms with Gasteiger partial charge in [-0.15, -0.1) is 0 Å². The van der Waals surface area contributed by atoms with Crippen molar-refractivity contribution < 1.29 is 13.2 Å². The molecule has 0 bridgehead atoms. The number of pyridine rings is 1. The summed E-state index contributed by atoms with van der Waals surface area (Å²) >= 11 is 0. The number of benzene rings is 1. The highest BCUT2D eigenvalue weighted by atomic mass is 32.2. The first-order valence-electron chi connectivity index (χ1n) is 12.7. The lowest BCUT2D eigenvalue weighted by Gasteiger charge is -2.34. The number of hydrazone groups is 1. The number of nitrogens with one attached hydrogen (secondary N) is 1. The molecule has 1 aliphatic carbocycles. The highest BCUT2D eigenvalue weighted by molar-refractivity contribution is 7.91. The maximum Gasteiger partial charge on any atom is 0.254 e. The number of amides is 1. The fraction of sp³-hybridized carbons (Fsp3) is 0.321. The molecule has 1 aromatic carbocycles. The normalized spacial score (nSPS) is 20.9. The van der Waals surface area contributed by atoms with E-state index in [0.29, 0.717) is 24.2 Å². The third-order valence-corrected chi connectivity index (χ3v) is 9.43. The molecule has 3 aromatic rings. The van der Waals surface area contributed by atoms with E-state index in [1.54, 1.807) is 31.5 Å². The Kier molecular flexibility index (Phi) is 7.55. The van der Waals surface area contributed by atoms with Gasteiger partial charge in [0, 0.05) is 50.5 Å². The van der Waals surface area contributed by atoms with E-state index in [-0.39, 0.29) is 12.5 Å². The van der Waals surface area contributed by atoms with Crippen LogP contribution in [0.2, 0.25) is 0 Å². The van der Waals surface area contributed by atoms with E-state index in [1.165, 1.54) is 10.2 Å². The number of rotatable bonds is 8. The van der Waals surface area contributed by atoms with Gasteiger partial charge in [0.2, 0.25) is 10.0 Å². The second-order valence-electron chi connectivity index (χ2n) is 9.88.